The molecule has 0 aliphatic rings. The van der Waals surface area contributed by atoms with Crippen molar-refractivity contribution in [3.05, 3.63) is 96.1 Å². The molecule has 0 saturated heterocycles. The van der Waals surface area contributed by atoms with Gasteiger partial charge in [0.15, 0.2) is 0 Å². The molecule has 6 aromatic rings. The molecule has 0 fully saturated rings. The molecule has 0 saturated carbocycles. The normalized spacial score (nSPS) is 11.4. The van der Waals surface area contributed by atoms with Crippen molar-refractivity contribution in [1.29, 1.82) is 0 Å². The highest BCUT2D eigenvalue weighted by Gasteiger charge is 2.09. The van der Waals surface area contributed by atoms with Crippen LogP contribution in [0.1, 0.15) is 18.1 Å². The fourth-order valence-electron chi connectivity index (χ4n) is 4.54. The van der Waals surface area contributed by atoms with E-state index in [0.29, 0.717) is 0 Å². The number of aromatic nitrogens is 2. The second-order valence-electron chi connectivity index (χ2n) is 7.67. The number of hydrogen-bond donors (Lipinski definition) is 1. The van der Waals surface area contributed by atoms with E-state index in [1.54, 1.807) is 0 Å². The van der Waals surface area contributed by atoms with Gasteiger partial charge in [-0.15, -0.1) is 0 Å². The smallest absolute Gasteiger partial charge is 0.0503 e. The Kier molecular flexibility index (Phi) is 3.69. The largest absolute Gasteiger partial charge is 0.355 e. The molecule has 0 radical (unpaired) electrons. The van der Waals surface area contributed by atoms with E-state index in [1.807, 2.05) is 0 Å². The van der Waals surface area contributed by atoms with Gasteiger partial charge in [-0.3, -0.25) is 0 Å². The van der Waals surface area contributed by atoms with Crippen LogP contribution in [-0.2, 0) is 6.54 Å². The minimum Gasteiger partial charge on any atom is -0.355 e. The molecule has 2 nitrogen and oxygen atoms in total. The van der Waals surface area contributed by atoms with Crippen LogP contribution in [0.3, 0.4) is 0 Å². The van der Waals surface area contributed by atoms with Gasteiger partial charge in [0.05, 0.1) is 5.52 Å². The Labute approximate surface area is 174 Å². The Morgan fingerprint density at radius 3 is 2.17 bits per heavy atom. The van der Waals surface area contributed by atoms with Gasteiger partial charge in [0.2, 0.25) is 0 Å². The highest BCUT2D eigenvalue weighted by molar-refractivity contribution is 6.09. The summed E-state index contributed by atoms with van der Waals surface area (Å²) in [4.78, 5) is 3.47. The molecule has 4 aromatic carbocycles. The number of para-hydroxylation sites is 2. The van der Waals surface area contributed by atoms with Crippen molar-refractivity contribution in [1.82, 2.24) is 9.55 Å². The van der Waals surface area contributed by atoms with Crippen molar-refractivity contribution in [2.75, 3.05) is 0 Å². The summed E-state index contributed by atoms with van der Waals surface area (Å²) in [7, 11) is 0. The Balaban J connectivity index is 1.47. The maximum absolute atomic E-state index is 3.47. The molecule has 0 atom stereocenters. The lowest BCUT2D eigenvalue weighted by molar-refractivity contribution is 0.827. The van der Waals surface area contributed by atoms with Gasteiger partial charge in [-0.05, 0) is 49.4 Å². The number of aromatic amines is 1. The van der Waals surface area contributed by atoms with Gasteiger partial charge in [-0.25, -0.2) is 0 Å². The zero-order valence-electron chi connectivity index (χ0n) is 16.7. The predicted octanol–water partition coefficient (Wildman–Crippen LogP) is 6.85. The molecule has 0 amide bonds. The maximum Gasteiger partial charge on any atom is 0.0503 e. The molecule has 2 aromatic heterocycles. The maximum atomic E-state index is 3.47. The van der Waals surface area contributed by atoms with Crippen LogP contribution in [0, 0.1) is 11.8 Å². The summed E-state index contributed by atoms with van der Waals surface area (Å²) in [5.74, 6) is 6.75. The van der Waals surface area contributed by atoms with Crippen molar-refractivity contribution in [2.24, 2.45) is 0 Å². The van der Waals surface area contributed by atoms with Crippen molar-refractivity contribution in [3.63, 3.8) is 0 Å². The summed E-state index contributed by atoms with van der Waals surface area (Å²) >= 11 is 0. The van der Waals surface area contributed by atoms with E-state index in [4.69, 9.17) is 0 Å². The first-order valence-electron chi connectivity index (χ1n) is 10.4. The van der Waals surface area contributed by atoms with Crippen LogP contribution in [0.5, 0.6) is 0 Å². The monoisotopic (exact) mass is 384 g/mol. The van der Waals surface area contributed by atoms with E-state index < -0.39 is 0 Å². The van der Waals surface area contributed by atoms with Gasteiger partial charge in [-0.2, -0.15) is 0 Å². The quantitative estimate of drug-likeness (QED) is 0.299. The van der Waals surface area contributed by atoms with Gasteiger partial charge in [0.25, 0.3) is 0 Å². The molecule has 0 aliphatic heterocycles. The van der Waals surface area contributed by atoms with E-state index in [9.17, 15) is 0 Å². The Bertz CT molecular complexity index is 1630. The lowest BCUT2D eigenvalue weighted by atomic mass is 10.1. The molecular weight excluding hydrogens is 364 g/mol. The molecule has 0 unspecified atom stereocenters. The molecule has 0 aliphatic carbocycles. The summed E-state index contributed by atoms with van der Waals surface area (Å²) in [6.45, 7) is 3.14. The van der Waals surface area contributed by atoms with Gasteiger partial charge < -0.3 is 9.55 Å². The summed E-state index contributed by atoms with van der Waals surface area (Å²) in [6, 6.07) is 30.0. The molecule has 0 bridgehead atoms. The van der Waals surface area contributed by atoms with Crippen LogP contribution < -0.4 is 0 Å². The lowest BCUT2D eigenvalue weighted by Crippen LogP contribution is -1.92. The number of hydrogen-bond acceptors (Lipinski definition) is 0. The second-order valence-corrected chi connectivity index (χ2v) is 7.67. The third-order valence-corrected chi connectivity index (χ3v) is 5.95. The van der Waals surface area contributed by atoms with E-state index in [-0.39, 0.29) is 0 Å². The van der Waals surface area contributed by atoms with Crippen molar-refractivity contribution in [2.45, 2.75) is 13.5 Å². The molecule has 2 heterocycles. The van der Waals surface area contributed by atoms with E-state index in [2.05, 4.69) is 113 Å². The van der Waals surface area contributed by atoms with Crippen LogP contribution in [0.2, 0.25) is 0 Å². The van der Waals surface area contributed by atoms with Gasteiger partial charge >= 0.3 is 0 Å². The third-order valence-electron chi connectivity index (χ3n) is 5.95. The first-order valence-corrected chi connectivity index (χ1v) is 10.4. The second kappa shape index (κ2) is 6.54. The van der Waals surface area contributed by atoms with Crippen LogP contribution in [0.15, 0.2) is 84.9 Å². The predicted molar refractivity (Wildman–Crippen MR) is 127 cm³/mol. The van der Waals surface area contributed by atoms with Gasteiger partial charge in [0.1, 0.15) is 0 Å². The summed E-state index contributed by atoms with van der Waals surface area (Å²) in [5, 5.41) is 5.06. The van der Waals surface area contributed by atoms with Crippen LogP contribution >= 0.6 is 0 Å². The Morgan fingerprint density at radius 1 is 0.633 bits per heavy atom. The highest BCUT2D eigenvalue weighted by Crippen LogP contribution is 2.29. The number of benzene rings is 4. The van der Waals surface area contributed by atoms with E-state index in [1.165, 1.54) is 32.6 Å². The first kappa shape index (κ1) is 16.9. The SMILES string of the molecule is CCn1c2ccccc2c2ccc(C#Cc3ccc4[nH]c5ccccc5c4c3)cc21. The van der Waals surface area contributed by atoms with Crippen LogP contribution in [-0.4, -0.2) is 9.55 Å². The molecule has 142 valence electrons. The minimum absolute atomic E-state index is 0.943. The van der Waals surface area contributed by atoms with Gasteiger partial charge in [0, 0.05) is 55.8 Å². The molecule has 6 rings (SSSR count). The summed E-state index contributed by atoms with van der Waals surface area (Å²) in [6.07, 6.45) is 0. The Morgan fingerprint density at radius 2 is 1.30 bits per heavy atom. The molecule has 30 heavy (non-hydrogen) atoms. The number of nitrogens with one attached hydrogen (secondary N) is 1. The van der Waals surface area contributed by atoms with E-state index >= 15 is 0 Å². The number of aryl methyl sites for hydroxylation is 1. The molecule has 0 spiro atoms. The average Bonchev–Trinajstić information content (AvgIpc) is 3.32. The number of H-pyrrole nitrogens is 1. The van der Waals surface area contributed by atoms with E-state index in [0.717, 1.165) is 28.7 Å². The van der Waals surface area contributed by atoms with Crippen molar-refractivity contribution < 1.29 is 0 Å². The minimum atomic E-state index is 0.943. The van der Waals surface area contributed by atoms with Crippen molar-refractivity contribution in [3.8, 4) is 11.8 Å². The zero-order chi connectivity index (χ0) is 20.1. The molecular formula is C28H20N2. The molecule has 1 N–H and O–H groups in total. The Hall–Kier alpha value is -3.96. The number of fused-ring (bicyclic) bond motifs is 6. The number of nitrogens with zero attached hydrogens (tertiary/aromatic N) is 1. The third kappa shape index (κ3) is 2.53. The molecule has 2 heteroatoms. The lowest BCUT2D eigenvalue weighted by Gasteiger charge is -2.02. The highest BCUT2D eigenvalue weighted by atomic mass is 15.0. The standard InChI is InChI=1S/C28H20N2/c1-2-30-27-10-6-4-8-22(27)23-15-13-20(18-28(23)30)12-11-19-14-16-26-24(17-19)21-7-3-5-9-25(21)29-26/h3-10,13-18,29H,2H2,1H3. The summed E-state index contributed by atoms with van der Waals surface area (Å²) in [5.41, 5.74) is 6.91. The fourth-order valence-corrected chi connectivity index (χ4v) is 4.54. The van der Waals surface area contributed by atoms with Gasteiger partial charge in [-0.1, -0.05) is 54.3 Å². The number of rotatable bonds is 1. The van der Waals surface area contributed by atoms with Crippen molar-refractivity contribution >= 4 is 43.6 Å². The zero-order valence-corrected chi connectivity index (χ0v) is 16.7. The average molecular weight is 384 g/mol. The topological polar surface area (TPSA) is 20.7 Å². The van der Waals surface area contributed by atoms with Crippen LogP contribution in [0.25, 0.3) is 43.6 Å². The fraction of sp³-hybridized carbons (Fsp3) is 0.0714. The summed E-state index contributed by atoms with van der Waals surface area (Å²) < 4.78 is 2.37. The first-order chi connectivity index (χ1) is 14.8. The van der Waals surface area contributed by atoms with Crippen LogP contribution in [0.4, 0.5) is 0 Å².